The number of hydrogen-bond donors (Lipinski definition) is 21. The zero-order valence-electron chi connectivity index (χ0n) is 69.4. The number of hydrogen-bond acceptors (Lipinski definition) is 24. The van der Waals surface area contributed by atoms with Gasteiger partial charge in [-0.25, -0.2) is 0 Å². The van der Waals surface area contributed by atoms with Crippen LogP contribution in [0.15, 0.2) is 66.7 Å². The molecule has 41 nitrogen and oxygen atoms in total. The Hall–Kier alpha value is -10.8. The maximum atomic E-state index is 15.2. The quantitative estimate of drug-likeness (QED) is 0.0113. The lowest BCUT2D eigenvalue weighted by molar-refractivity contribution is -0.140. The molecule has 0 spiro atoms. The topological polar surface area (TPSA) is 620 Å². The first kappa shape index (κ1) is 101. The van der Waals surface area contributed by atoms with Crippen molar-refractivity contribution in [1.29, 1.82) is 5.41 Å². The fraction of sp³-hybridized carbons (Fsp3) is 0.608. The first-order valence-corrected chi connectivity index (χ1v) is 42.5. The van der Waals surface area contributed by atoms with Gasteiger partial charge in [0.1, 0.15) is 65.9 Å². The number of carbonyl (C=O) groups excluding carboxylic acids is 11. The first-order valence-electron chi connectivity index (χ1n) is 40.9. The second-order valence-electron chi connectivity index (χ2n) is 31.0. The maximum absolute atomic E-state index is 15.2. The maximum Gasteiger partial charge on any atom is 0.317 e. The summed E-state index contributed by atoms with van der Waals surface area (Å²) in [5.41, 5.74) is 12.4. The molecule has 42 heteroatoms. The van der Waals surface area contributed by atoms with E-state index >= 15 is 19.2 Å². The summed E-state index contributed by atoms with van der Waals surface area (Å²) in [6.07, 6.45) is -0.496. The number of guanidine groups is 1. The van der Waals surface area contributed by atoms with Gasteiger partial charge in [0.2, 0.25) is 65.0 Å². The Balaban J connectivity index is 1.54. The summed E-state index contributed by atoms with van der Waals surface area (Å²) in [6, 6.07) is 4.43. The zero-order chi connectivity index (χ0) is 89.3. The molecular weight excluding hydrogens is 1600 g/mol. The molecule has 23 N–H and O–H groups in total. The van der Waals surface area contributed by atoms with Gasteiger partial charge in [0.05, 0.1) is 26.2 Å². The van der Waals surface area contributed by atoms with Crippen molar-refractivity contribution in [3.63, 3.8) is 0 Å². The minimum atomic E-state index is -5.03. The van der Waals surface area contributed by atoms with E-state index in [1.165, 1.54) is 50.8 Å². The van der Waals surface area contributed by atoms with E-state index in [0.717, 1.165) is 10.8 Å². The van der Waals surface area contributed by atoms with Crippen molar-refractivity contribution in [2.45, 2.75) is 197 Å². The minimum absolute atomic E-state index is 0.00271. The van der Waals surface area contributed by atoms with Gasteiger partial charge in [0.25, 0.3) is 10.1 Å². The van der Waals surface area contributed by atoms with Crippen LogP contribution in [-0.4, -0.2) is 319 Å². The number of primary amides is 1. The Morgan fingerprint density at radius 1 is 0.504 bits per heavy atom. The number of nitrogens with zero attached hydrogens (tertiary/aromatic N) is 4. The summed E-state index contributed by atoms with van der Waals surface area (Å²) in [6.45, 7) is 8.09. The fourth-order valence-corrected chi connectivity index (χ4v) is 14.2. The van der Waals surface area contributed by atoms with E-state index in [4.69, 9.17) is 16.9 Å². The minimum Gasteiger partial charge on any atom is -0.508 e. The van der Waals surface area contributed by atoms with Crippen LogP contribution in [0.2, 0.25) is 0 Å². The Labute approximate surface area is 704 Å². The SMILES string of the molecule is CC(C)NCCCC[C@H](NC(=O)[C@H]1CCC(=O)N[C@@H](CCCCNC(=O)C(CS(=O)(=O)O)NC(=O)CN2CCN(CC(=O)O)CCN(CC(=O)O)CCN(CC(=O)O)CC2)C(=O)N[C@@H](Cc2ccc(O)cc2)C(=O)N[C@@H](CCCCNC(C)C)C(=O)N[C@H](CCCNC(=N)N)C(=O)N[C@@H](Cc2ccc3ccccc3c2)C(=O)N[C@H](C)C(=O)N1)C(N)=O. The summed E-state index contributed by atoms with van der Waals surface area (Å²) in [7, 11) is -5.03. The summed E-state index contributed by atoms with van der Waals surface area (Å²) < 4.78 is 35.0. The molecule has 0 aromatic heterocycles. The third-order valence-corrected chi connectivity index (χ3v) is 20.8. The number of unbranched alkanes of at least 4 members (excludes halogenated alkanes) is 3. The molecule has 672 valence electrons. The lowest BCUT2D eigenvalue weighted by atomic mass is 10.00. The number of nitrogens with two attached hydrogens (primary N) is 2. The van der Waals surface area contributed by atoms with Crippen molar-refractivity contribution in [3.05, 3.63) is 77.9 Å². The largest absolute Gasteiger partial charge is 0.508 e. The zero-order valence-corrected chi connectivity index (χ0v) is 70.3. The molecule has 2 aliphatic heterocycles. The van der Waals surface area contributed by atoms with E-state index in [1.807, 2.05) is 58.0 Å². The molecule has 0 aliphatic carbocycles. The highest BCUT2D eigenvalue weighted by atomic mass is 32.2. The van der Waals surface area contributed by atoms with Gasteiger partial charge >= 0.3 is 17.9 Å². The van der Waals surface area contributed by atoms with Gasteiger partial charge in [-0.1, -0.05) is 82.3 Å². The first-order chi connectivity index (χ1) is 57.3. The van der Waals surface area contributed by atoms with E-state index in [0.29, 0.717) is 49.9 Å². The standard InChI is InChI=1S/C79H124N20O21S/c1-49(2)83-29-11-8-17-57(70(80)109)90-76(115)61-27-28-65(101)88-58(18-10-13-31-85-72(111)64(48-121(118,119)120)89-66(102)44-96-33-35-97(45-67(103)104)37-39-99(47-69(107)108)40-38-98(36-34-96)46-68(105)106)73(112)94-62(42-52-22-25-56(100)26-23-52)78(117)93-59(19-9-12-30-84-50(3)4)74(113)92-60(20-14-32-86-79(81)82)75(114)95-63(77(116)87-51(5)71(110)91-61)43-53-21-24-54-15-6-7-16-55(54)41-53/h6-7,15-16,21-26,41,49-51,57-64,83-84,100H,8-14,17-20,27-40,42-48H2,1-5H3,(H2,80,109)(H,85,111)(H,87,116)(H,88,101)(H,89,102)(H,90,115)(H,91,110)(H,92,113)(H,93,117)(H,94,112)(H,95,114)(H,103,104)(H,105,106)(H,107,108)(H4,81,82,86)(H,118,119,120)/t51-,57+,58+,59+,60-,61-,62+,63+,64?/m1/s1. The average Bonchev–Trinajstić information content (AvgIpc) is 0.857. The lowest BCUT2D eigenvalue weighted by Crippen LogP contribution is -2.60. The number of benzene rings is 3. The van der Waals surface area contributed by atoms with Crippen LogP contribution in [0, 0.1) is 5.41 Å². The molecule has 11 amide bonds. The monoisotopic (exact) mass is 1720 g/mol. The van der Waals surface area contributed by atoms with Gasteiger partial charge in [-0.15, -0.1) is 0 Å². The molecule has 2 heterocycles. The van der Waals surface area contributed by atoms with Gasteiger partial charge in [-0.3, -0.25) is 96.7 Å². The highest BCUT2D eigenvalue weighted by Crippen LogP contribution is 2.19. The normalized spacial score (nSPS) is 20.6. The number of aromatic hydroxyl groups is 1. The molecule has 2 fully saturated rings. The van der Waals surface area contributed by atoms with Crippen LogP contribution in [0.3, 0.4) is 0 Å². The molecule has 2 aliphatic rings. The molecular formula is C79H124N20O21S. The number of phenols is 1. The van der Waals surface area contributed by atoms with Crippen molar-refractivity contribution < 1.29 is 101 Å². The van der Waals surface area contributed by atoms with Crippen LogP contribution in [-0.2, 0) is 90.1 Å². The molecule has 3 aromatic rings. The number of rotatable bonds is 40. The predicted octanol–water partition coefficient (Wildman–Crippen LogP) is -3.76. The summed E-state index contributed by atoms with van der Waals surface area (Å²) in [5.74, 6) is -16.0. The van der Waals surface area contributed by atoms with Crippen molar-refractivity contribution in [3.8, 4) is 5.75 Å². The Morgan fingerprint density at radius 2 is 0.942 bits per heavy atom. The van der Waals surface area contributed by atoms with Crippen LogP contribution in [0.25, 0.3) is 10.8 Å². The van der Waals surface area contributed by atoms with E-state index in [1.54, 1.807) is 12.1 Å². The van der Waals surface area contributed by atoms with Crippen molar-refractivity contribution >= 4 is 110 Å². The second-order valence-corrected chi connectivity index (χ2v) is 32.5. The Morgan fingerprint density at radius 3 is 1.44 bits per heavy atom. The molecule has 0 radical (unpaired) electrons. The van der Waals surface area contributed by atoms with Crippen molar-refractivity contribution in [2.24, 2.45) is 11.5 Å². The summed E-state index contributed by atoms with van der Waals surface area (Å²) >= 11 is 0. The van der Waals surface area contributed by atoms with Crippen LogP contribution in [0.5, 0.6) is 5.75 Å². The predicted molar refractivity (Wildman–Crippen MR) is 446 cm³/mol. The van der Waals surface area contributed by atoms with Crippen LogP contribution >= 0.6 is 0 Å². The van der Waals surface area contributed by atoms with Crippen LogP contribution in [0.1, 0.15) is 129 Å². The van der Waals surface area contributed by atoms with Gasteiger partial charge in [0, 0.05) is 96.8 Å². The highest BCUT2D eigenvalue weighted by molar-refractivity contribution is 7.85. The van der Waals surface area contributed by atoms with Gasteiger partial charge in [0.15, 0.2) is 5.96 Å². The van der Waals surface area contributed by atoms with Crippen molar-refractivity contribution in [1.82, 2.24) is 88.7 Å². The number of amides is 11. The van der Waals surface area contributed by atoms with E-state index < -0.39 is 198 Å². The number of nitrogens with one attached hydrogen (secondary N) is 14. The molecule has 1 unspecified atom stereocenters. The van der Waals surface area contributed by atoms with Crippen LogP contribution < -0.4 is 80.6 Å². The smallest absolute Gasteiger partial charge is 0.317 e. The molecule has 3 aromatic carbocycles. The van der Waals surface area contributed by atoms with Gasteiger partial charge < -0.3 is 101 Å². The fourth-order valence-electron chi connectivity index (χ4n) is 13.5. The lowest BCUT2D eigenvalue weighted by Gasteiger charge is -2.33. The van der Waals surface area contributed by atoms with E-state index in [9.17, 15) is 81.3 Å². The third-order valence-electron chi connectivity index (χ3n) is 20.1. The molecule has 9 atom stereocenters. The third kappa shape index (κ3) is 40.4. The van der Waals surface area contributed by atoms with Gasteiger partial charge in [-0.05, 0) is 131 Å². The number of aliphatic carboxylic acids is 3. The van der Waals surface area contributed by atoms with E-state index in [2.05, 4.69) is 69.1 Å². The molecule has 5 rings (SSSR count). The Kier molecular flexibility index (Phi) is 43.7. The summed E-state index contributed by atoms with van der Waals surface area (Å²) in [5, 5.41) is 84.3. The van der Waals surface area contributed by atoms with Gasteiger partial charge in [-0.2, -0.15) is 8.42 Å². The molecule has 0 saturated carbocycles. The molecule has 0 bridgehead atoms. The molecule has 2 saturated heterocycles. The number of carbonyl (C=O) groups is 14. The average molecular weight is 1720 g/mol. The molecule has 121 heavy (non-hydrogen) atoms. The van der Waals surface area contributed by atoms with E-state index in [-0.39, 0.29) is 141 Å². The second kappa shape index (κ2) is 52.4. The number of fused-ring (bicyclic) bond motifs is 1. The number of carboxylic acids is 3. The highest BCUT2D eigenvalue weighted by Gasteiger charge is 2.37. The van der Waals surface area contributed by atoms with Crippen molar-refractivity contribution in [2.75, 3.05) is 110 Å². The van der Waals surface area contributed by atoms with Crippen LogP contribution in [0.4, 0.5) is 0 Å². The number of carboxylic acid groups (broad SMARTS) is 3. The summed E-state index contributed by atoms with van der Waals surface area (Å²) in [4.78, 5) is 202. The number of phenolic OH excluding ortho intramolecular Hbond substituents is 1. The Bertz CT molecular complexity index is 4060.